The molecule has 0 atom stereocenters. The molecule has 2 N–H and O–H groups in total. The van der Waals surface area contributed by atoms with Crippen molar-refractivity contribution in [2.75, 3.05) is 39.4 Å². The van der Waals surface area contributed by atoms with E-state index >= 15 is 0 Å². The molecular formula is C13H28N2O. The predicted octanol–water partition coefficient (Wildman–Crippen LogP) is 1.72. The van der Waals surface area contributed by atoms with Gasteiger partial charge in [-0.3, -0.25) is 0 Å². The fourth-order valence-corrected chi connectivity index (χ4v) is 2.25. The van der Waals surface area contributed by atoms with Gasteiger partial charge in [-0.1, -0.05) is 13.8 Å². The molecule has 0 aromatic heterocycles. The van der Waals surface area contributed by atoms with Crippen molar-refractivity contribution < 1.29 is 4.74 Å². The SMILES string of the molecule is CC(C)COCCN1CCC(CCN)CC1. The first-order chi connectivity index (χ1) is 7.72. The molecule has 3 heteroatoms. The number of likely N-dealkylation sites (tertiary alicyclic amines) is 1. The molecule has 1 aliphatic rings. The second-order valence-electron chi connectivity index (χ2n) is 5.33. The van der Waals surface area contributed by atoms with Gasteiger partial charge in [-0.25, -0.2) is 0 Å². The molecule has 1 heterocycles. The van der Waals surface area contributed by atoms with Crippen molar-refractivity contribution in [2.45, 2.75) is 33.1 Å². The molecular weight excluding hydrogens is 200 g/mol. The van der Waals surface area contributed by atoms with E-state index in [1.165, 1.54) is 32.4 Å². The first-order valence-electron chi connectivity index (χ1n) is 6.72. The van der Waals surface area contributed by atoms with Gasteiger partial charge in [0, 0.05) is 13.2 Å². The Hall–Kier alpha value is -0.120. The molecule has 0 spiro atoms. The van der Waals surface area contributed by atoms with E-state index in [0.717, 1.165) is 32.2 Å². The highest BCUT2D eigenvalue weighted by Gasteiger charge is 2.17. The maximum absolute atomic E-state index is 5.61. The molecule has 3 nitrogen and oxygen atoms in total. The number of ether oxygens (including phenoxy) is 1. The third-order valence-electron chi connectivity index (χ3n) is 3.29. The summed E-state index contributed by atoms with van der Waals surface area (Å²) in [6, 6.07) is 0. The van der Waals surface area contributed by atoms with Crippen molar-refractivity contribution in [3.8, 4) is 0 Å². The summed E-state index contributed by atoms with van der Waals surface area (Å²) < 4.78 is 5.61. The zero-order valence-corrected chi connectivity index (χ0v) is 11.0. The first-order valence-corrected chi connectivity index (χ1v) is 6.72. The molecule has 0 saturated carbocycles. The number of hydrogen-bond donors (Lipinski definition) is 1. The van der Waals surface area contributed by atoms with Crippen LogP contribution in [0, 0.1) is 11.8 Å². The number of hydrogen-bond acceptors (Lipinski definition) is 3. The lowest BCUT2D eigenvalue weighted by Crippen LogP contribution is -2.36. The summed E-state index contributed by atoms with van der Waals surface area (Å²) in [7, 11) is 0. The maximum atomic E-state index is 5.61. The van der Waals surface area contributed by atoms with Gasteiger partial charge >= 0.3 is 0 Å². The highest BCUT2D eigenvalue weighted by molar-refractivity contribution is 4.72. The summed E-state index contributed by atoms with van der Waals surface area (Å²) in [6.07, 6.45) is 3.85. The van der Waals surface area contributed by atoms with Crippen molar-refractivity contribution in [2.24, 2.45) is 17.6 Å². The van der Waals surface area contributed by atoms with Crippen molar-refractivity contribution >= 4 is 0 Å². The summed E-state index contributed by atoms with van der Waals surface area (Å²) in [6.45, 7) is 10.6. The largest absolute Gasteiger partial charge is 0.380 e. The zero-order valence-electron chi connectivity index (χ0n) is 11.0. The van der Waals surface area contributed by atoms with Gasteiger partial charge in [0.1, 0.15) is 0 Å². The van der Waals surface area contributed by atoms with Crippen molar-refractivity contribution in [1.82, 2.24) is 4.90 Å². The Bertz CT molecular complexity index is 165. The average molecular weight is 228 g/mol. The summed E-state index contributed by atoms with van der Waals surface area (Å²) in [5.74, 6) is 1.52. The lowest BCUT2D eigenvalue weighted by molar-refractivity contribution is 0.0734. The minimum atomic E-state index is 0.648. The number of nitrogens with two attached hydrogens (primary N) is 1. The second kappa shape index (κ2) is 8.04. The summed E-state index contributed by atoms with van der Waals surface area (Å²) in [4.78, 5) is 2.52. The van der Waals surface area contributed by atoms with Crippen LogP contribution in [0.25, 0.3) is 0 Å². The Morgan fingerprint density at radius 1 is 1.31 bits per heavy atom. The zero-order chi connectivity index (χ0) is 11.8. The van der Waals surface area contributed by atoms with Crippen LogP contribution in [0.15, 0.2) is 0 Å². The van der Waals surface area contributed by atoms with Crippen LogP contribution in [0.5, 0.6) is 0 Å². The molecule has 1 fully saturated rings. The highest BCUT2D eigenvalue weighted by atomic mass is 16.5. The monoisotopic (exact) mass is 228 g/mol. The van der Waals surface area contributed by atoms with Crippen molar-refractivity contribution in [3.05, 3.63) is 0 Å². The average Bonchev–Trinajstić information content (AvgIpc) is 2.27. The number of nitrogens with zero attached hydrogens (tertiary/aromatic N) is 1. The van der Waals surface area contributed by atoms with E-state index in [2.05, 4.69) is 18.7 Å². The van der Waals surface area contributed by atoms with Crippen LogP contribution in [0.4, 0.5) is 0 Å². The molecule has 0 amide bonds. The first kappa shape index (κ1) is 13.9. The van der Waals surface area contributed by atoms with Gasteiger partial charge in [0.25, 0.3) is 0 Å². The molecule has 1 rings (SSSR count). The van der Waals surface area contributed by atoms with Crippen LogP contribution in [-0.4, -0.2) is 44.3 Å². The van der Waals surface area contributed by atoms with Gasteiger partial charge in [-0.15, -0.1) is 0 Å². The molecule has 0 aromatic carbocycles. The summed E-state index contributed by atoms with van der Waals surface area (Å²) in [5, 5.41) is 0. The van der Waals surface area contributed by atoms with Gasteiger partial charge in [0.05, 0.1) is 6.61 Å². The second-order valence-corrected chi connectivity index (χ2v) is 5.33. The lowest BCUT2D eigenvalue weighted by atomic mass is 9.94. The van der Waals surface area contributed by atoms with Crippen LogP contribution in [0.1, 0.15) is 33.1 Å². The summed E-state index contributed by atoms with van der Waals surface area (Å²) >= 11 is 0. The molecule has 16 heavy (non-hydrogen) atoms. The van der Waals surface area contributed by atoms with E-state index in [9.17, 15) is 0 Å². The molecule has 0 aliphatic carbocycles. The summed E-state index contributed by atoms with van der Waals surface area (Å²) in [5.41, 5.74) is 5.59. The Morgan fingerprint density at radius 2 is 2.00 bits per heavy atom. The van der Waals surface area contributed by atoms with Crippen LogP contribution in [-0.2, 0) is 4.74 Å². The van der Waals surface area contributed by atoms with Gasteiger partial charge in [0.2, 0.25) is 0 Å². The fraction of sp³-hybridized carbons (Fsp3) is 1.00. The van der Waals surface area contributed by atoms with Crippen molar-refractivity contribution in [3.63, 3.8) is 0 Å². The van der Waals surface area contributed by atoms with Gasteiger partial charge < -0.3 is 15.4 Å². The third-order valence-corrected chi connectivity index (χ3v) is 3.29. The smallest absolute Gasteiger partial charge is 0.0593 e. The maximum Gasteiger partial charge on any atom is 0.0593 e. The third kappa shape index (κ3) is 5.83. The van der Waals surface area contributed by atoms with Gasteiger partial charge in [-0.05, 0) is 50.7 Å². The minimum Gasteiger partial charge on any atom is -0.380 e. The normalized spacial score (nSPS) is 19.5. The standard InChI is InChI=1S/C13H28N2O/c1-12(2)11-16-10-9-15-7-4-13(3-6-14)5-8-15/h12-13H,3-11,14H2,1-2H3. The molecule has 96 valence electrons. The van der Waals surface area contributed by atoms with E-state index in [0.29, 0.717) is 5.92 Å². The molecule has 0 unspecified atom stereocenters. The Balaban J connectivity index is 1.99. The van der Waals surface area contributed by atoms with E-state index in [-0.39, 0.29) is 0 Å². The Labute approximate surface area is 100 Å². The predicted molar refractivity (Wildman–Crippen MR) is 68.5 cm³/mol. The van der Waals surface area contributed by atoms with E-state index < -0.39 is 0 Å². The highest BCUT2D eigenvalue weighted by Crippen LogP contribution is 2.19. The topological polar surface area (TPSA) is 38.5 Å². The minimum absolute atomic E-state index is 0.648. The van der Waals surface area contributed by atoms with E-state index in [1.54, 1.807) is 0 Å². The Morgan fingerprint density at radius 3 is 2.56 bits per heavy atom. The molecule has 1 aliphatic heterocycles. The lowest BCUT2D eigenvalue weighted by Gasteiger charge is -2.31. The van der Waals surface area contributed by atoms with Crippen LogP contribution in [0.2, 0.25) is 0 Å². The molecule has 0 bridgehead atoms. The van der Waals surface area contributed by atoms with E-state index in [1.807, 2.05) is 0 Å². The van der Waals surface area contributed by atoms with Crippen LogP contribution >= 0.6 is 0 Å². The molecule has 0 radical (unpaired) electrons. The van der Waals surface area contributed by atoms with Crippen LogP contribution < -0.4 is 5.73 Å². The fourth-order valence-electron chi connectivity index (χ4n) is 2.25. The van der Waals surface area contributed by atoms with Gasteiger partial charge in [0.15, 0.2) is 0 Å². The van der Waals surface area contributed by atoms with Crippen molar-refractivity contribution in [1.29, 1.82) is 0 Å². The quantitative estimate of drug-likeness (QED) is 0.674. The number of piperidine rings is 1. The van der Waals surface area contributed by atoms with Crippen LogP contribution in [0.3, 0.4) is 0 Å². The molecule has 0 aromatic rings. The number of rotatable bonds is 7. The Kier molecular flexibility index (Phi) is 7.01. The van der Waals surface area contributed by atoms with Gasteiger partial charge in [-0.2, -0.15) is 0 Å². The molecule has 1 saturated heterocycles. The van der Waals surface area contributed by atoms with E-state index in [4.69, 9.17) is 10.5 Å².